The zero-order chi connectivity index (χ0) is 19.5. The van der Waals surface area contributed by atoms with Gasteiger partial charge < -0.3 is 25.8 Å². The van der Waals surface area contributed by atoms with Gasteiger partial charge in [0.25, 0.3) is 5.91 Å². The second-order valence-electron chi connectivity index (χ2n) is 5.72. The van der Waals surface area contributed by atoms with E-state index >= 15 is 0 Å². The minimum Gasteiger partial charge on any atom is -0.379 e. The molecule has 2 aromatic rings. The molecule has 0 bridgehead atoms. The van der Waals surface area contributed by atoms with Crippen LogP contribution in [0, 0.1) is 6.92 Å². The van der Waals surface area contributed by atoms with Crippen LogP contribution in [0.25, 0.3) is 0 Å². The summed E-state index contributed by atoms with van der Waals surface area (Å²) in [6.07, 6.45) is 0.191. The Morgan fingerprint density at radius 3 is 2.44 bits per heavy atom. The van der Waals surface area contributed by atoms with Crippen molar-refractivity contribution in [2.24, 2.45) is 5.73 Å². The third-order valence-corrected chi connectivity index (χ3v) is 4.45. The highest BCUT2D eigenvalue weighted by molar-refractivity contribution is 7.16. The summed E-state index contributed by atoms with van der Waals surface area (Å²) in [6.45, 7) is 4.08. The molecule has 8 heteroatoms. The van der Waals surface area contributed by atoms with Gasteiger partial charge in [0.15, 0.2) is 0 Å². The Labute approximate surface area is 162 Å². The number of nitrogens with two attached hydrogens (primary N) is 1. The molecule has 2 rings (SSSR count). The Balaban J connectivity index is 1.82. The number of aryl methyl sites for hydroxylation is 1. The van der Waals surface area contributed by atoms with Crippen molar-refractivity contribution in [2.45, 2.75) is 13.3 Å². The van der Waals surface area contributed by atoms with E-state index in [-0.39, 0.29) is 24.8 Å². The minimum absolute atomic E-state index is 0.191. The molecule has 0 aliphatic carbocycles. The normalized spacial score (nSPS) is 10.6. The Morgan fingerprint density at radius 2 is 1.74 bits per heavy atom. The van der Waals surface area contributed by atoms with E-state index in [9.17, 15) is 9.59 Å². The van der Waals surface area contributed by atoms with Crippen LogP contribution in [0.5, 0.6) is 0 Å². The summed E-state index contributed by atoms with van der Waals surface area (Å²) >= 11 is 1.50. The lowest BCUT2D eigenvalue weighted by atomic mass is 10.1. The maximum atomic E-state index is 12.5. The zero-order valence-corrected chi connectivity index (χ0v) is 16.1. The summed E-state index contributed by atoms with van der Waals surface area (Å²) < 4.78 is 10.5. The van der Waals surface area contributed by atoms with E-state index in [0.717, 1.165) is 9.88 Å². The number of rotatable bonds is 11. The van der Waals surface area contributed by atoms with Crippen molar-refractivity contribution in [3.63, 3.8) is 0 Å². The summed E-state index contributed by atoms with van der Waals surface area (Å²) in [6, 6.07) is 10.7. The van der Waals surface area contributed by atoms with Gasteiger partial charge in [-0.25, -0.2) is 0 Å². The largest absolute Gasteiger partial charge is 0.379 e. The first-order valence-electron chi connectivity index (χ1n) is 8.72. The Kier molecular flexibility index (Phi) is 8.93. The predicted molar refractivity (Wildman–Crippen MR) is 107 cm³/mol. The first kappa shape index (κ1) is 21.0. The van der Waals surface area contributed by atoms with Gasteiger partial charge in [-0.05, 0) is 31.2 Å². The molecule has 0 saturated heterocycles. The van der Waals surface area contributed by atoms with Gasteiger partial charge in [0.2, 0.25) is 5.91 Å². The van der Waals surface area contributed by atoms with Crippen LogP contribution in [0.4, 0.5) is 10.7 Å². The fourth-order valence-electron chi connectivity index (χ4n) is 2.25. The molecule has 7 nitrogen and oxygen atoms in total. The predicted octanol–water partition coefficient (Wildman–Crippen LogP) is 2.63. The van der Waals surface area contributed by atoms with Gasteiger partial charge in [0.1, 0.15) is 0 Å². The van der Waals surface area contributed by atoms with E-state index in [1.807, 2.05) is 19.1 Å². The highest BCUT2D eigenvalue weighted by Crippen LogP contribution is 2.23. The van der Waals surface area contributed by atoms with E-state index in [1.165, 1.54) is 11.3 Å². The fourth-order valence-corrected chi connectivity index (χ4v) is 3.02. The van der Waals surface area contributed by atoms with Crippen LogP contribution in [0.1, 0.15) is 21.7 Å². The molecular weight excluding hydrogens is 366 g/mol. The van der Waals surface area contributed by atoms with E-state index in [2.05, 4.69) is 10.6 Å². The van der Waals surface area contributed by atoms with Crippen molar-refractivity contribution in [1.82, 2.24) is 0 Å². The Hall–Kier alpha value is -2.26. The number of nitrogens with one attached hydrogen (secondary N) is 2. The number of carbonyl (C=O) groups excluding carboxylic acids is 2. The molecule has 0 aliphatic heterocycles. The van der Waals surface area contributed by atoms with E-state index in [4.69, 9.17) is 15.2 Å². The second kappa shape index (κ2) is 11.5. The van der Waals surface area contributed by atoms with Crippen LogP contribution < -0.4 is 16.4 Å². The molecule has 1 heterocycles. The molecule has 1 aromatic heterocycles. The monoisotopic (exact) mass is 391 g/mol. The molecule has 0 radical (unpaired) electrons. The van der Waals surface area contributed by atoms with Crippen LogP contribution in [0.3, 0.4) is 0 Å². The van der Waals surface area contributed by atoms with Gasteiger partial charge in [-0.2, -0.15) is 0 Å². The number of carbonyl (C=O) groups is 2. The maximum absolute atomic E-state index is 12.5. The summed E-state index contributed by atoms with van der Waals surface area (Å²) in [7, 11) is 0. The molecular formula is C19H25N3O4S. The fraction of sp³-hybridized carbons (Fsp3) is 0.368. The van der Waals surface area contributed by atoms with Crippen molar-refractivity contribution in [3.05, 3.63) is 46.8 Å². The lowest BCUT2D eigenvalue weighted by molar-refractivity contribution is -0.117. The van der Waals surface area contributed by atoms with Crippen molar-refractivity contribution >= 4 is 33.8 Å². The van der Waals surface area contributed by atoms with Crippen molar-refractivity contribution < 1.29 is 19.1 Å². The SMILES string of the molecule is Cc1ccc(NC(=O)c2ccccc2NC(=O)CCOCCOCCN)s1. The van der Waals surface area contributed by atoms with Crippen molar-refractivity contribution in [1.29, 1.82) is 0 Å². The van der Waals surface area contributed by atoms with Crippen LogP contribution in [-0.2, 0) is 14.3 Å². The van der Waals surface area contributed by atoms with Crippen LogP contribution >= 0.6 is 11.3 Å². The quantitative estimate of drug-likeness (QED) is 0.511. The first-order valence-corrected chi connectivity index (χ1v) is 9.54. The molecule has 0 atom stereocenters. The summed E-state index contributed by atoms with van der Waals surface area (Å²) in [5.41, 5.74) is 6.20. The van der Waals surface area contributed by atoms with E-state index in [1.54, 1.807) is 24.3 Å². The van der Waals surface area contributed by atoms with E-state index < -0.39 is 0 Å². The maximum Gasteiger partial charge on any atom is 0.258 e. The minimum atomic E-state index is -0.263. The first-order chi connectivity index (χ1) is 13.1. The second-order valence-corrected chi connectivity index (χ2v) is 7.01. The van der Waals surface area contributed by atoms with Crippen LogP contribution in [0.2, 0.25) is 0 Å². The number of amides is 2. The molecule has 0 fully saturated rings. The average molecular weight is 391 g/mol. The smallest absolute Gasteiger partial charge is 0.258 e. The van der Waals surface area contributed by atoms with Gasteiger partial charge in [0.05, 0.1) is 49.1 Å². The van der Waals surface area contributed by atoms with E-state index in [0.29, 0.717) is 37.6 Å². The van der Waals surface area contributed by atoms with Gasteiger partial charge in [0, 0.05) is 11.4 Å². The number of ether oxygens (including phenoxy) is 2. The third-order valence-electron chi connectivity index (χ3n) is 3.53. The number of hydrogen-bond acceptors (Lipinski definition) is 6. The summed E-state index contributed by atoms with van der Waals surface area (Å²) in [5.74, 6) is -0.480. The number of para-hydroxylation sites is 1. The Morgan fingerprint density at radius 1 is 1.00 bits per heavy atom. The molecule has 27 heavy (non-hydrogen) atoms. The highest BCUT2D eigenvalue weighted by Gasteiger charge is 2.14. The van der Waals surface area contributed by atoms with Gasteiger partial charge in [-0.3, -0.25) is 9.59 Å². The zero-order valence-electron chi connectivity index (χ0n) is 15.3. The standard InChI is InChI=1S/C19H25N3O4S/c1-14-6-7-18(27-14)22-19(24)15-4-2-3-5-16(15)21-17(23)8-10-25-12-13-26-11-9-20/h2-7H,8-13,20H2,1H3,(H,21,23)(H,22,24). The molecule has 0 spiro atoms. The highest BCUT2D eigenvalue weighted by atomic mass is 32.1. The topological polar surface area (TPSA) is 103 Å². The van der Waals surface area contributed by atoms with Crippen LogP contribution in [-0.4, -0.2) is 44.8 Å². The number of hydrogen-bond donors (Lipinski definition) is 3. The van der Waals surface area contributed by atoms with Gasteiger partial charge >= 0.3 is 0 Å². The molecule has 0 saturated carbocycles. The number of benzene rings is 1. The number of anilines is 2. The molecule has 0 unspecified atom stereocenters. The summed E-state index contributed by atoms with van der Waals surface area (Å²) in [4.78, 5) is 25.7. The van der Waals surface area contributed by atoms with Crippen molar-refractivity contribution in [3.8, 4) is 0 Å². The average Bonchev–Trinajstić information content (AvgIpc) is 3.06. The van der Waals surface area contributed by atoms with Crippen LogP contribution in [0.15, 0.2) is 36.4 Å². The van der Waals surface area contributed by atoms with Crippen molar-refractivity contribution in [2.75, 3.05) is 43.6 Å². The van der Waals surface area contributed by atoms with Gasteiger partial charge in [-0.1, -0.05) is 12.1 Å². The molecule has 4 N–H and O–H groups in total. The third kappa shape index (κ3) is 7.48. The summed E-state index contributed by atoms with van der Waals surface area (Å²) in [5, 5.41) is 6.39. The number of thiophene rings is 1. The Bertz CT molecular complexity index is 748. The molecule has 1 aromatic carbocycles. The lowest BCUT2D eigenvalue weighted by Gasteiger charge is -2.11. The molecule has 146 valence electrons. The van der Waals surface area contributed by atoms with Gasteiger partial charge in [-0.15, -0.1) is 11.3 Å². The lowest BCUT2D eigenvalue weighted by Crippen LogP contribution is -2.19. The molecule has 0 aliphatic rings. The molecule has 2 amide bonds.